The number of amides is 1. The number of fused-ring (bicyclic) bond motifs is 1. The van der Waals surface area contributed by atoms with Crippen molar-refractivity contribution in [3.05, 3.63) is 34.4 Å². The van der Waals surface area contributed by atoms with Crippen molar-refractivity contribution in [3.8, 4) is 6.07 Å². The first kappa shape index (κ1) is 11.2. The summed E-state index contributed by atoms with van der Waals surface area (Å²) in [6, 6.07) is 6.08. The molecule has 0 fully saturated rings. The number of nitriles is 1. The standard InChI is InChI=1S/C11H5ClN2O3/c12-5-1-2-8-6(3-5)9(10(15)14-8)7(4-13)11(16)17/h1-3H,(H,14,15)(H,16,17)/b9-7-. The molecule has 0 unspecified atom stereocenters. The Morgan fingerprint density at radius 2 is 2.18 bits per heavy atom. The van der Waals surface area contributed by atoms with Gasteiger partial charge in [-0.25, -0.2) is 4.79 Å². The molecule has 0 saturated heterocycles. The zero-order valence-corrected chi connectivity index (χ0v) is 9.08. The van der Waals surface area contributed by atoms with Crippen molar-refractivity contribution in [1.29, 1.82) is 5.26 Å². The van der Waals surface area contributed by atoms with Gasteiger partial charge in [-0.2, -0.15) is 5.26 Å². The van der Waals surface area contributed by atoms with Crippen LogP contribution in [0, 0.1) is 11.3 Å². The highest BCUT2D eigenvalue weighted by Crippen LogP contribution is 2.35. The second kappa shape index (κ2) is 3.92. The first-order valence-corrected chi connectivity index (χ1v) is 4.91. The van der Waals surface area contributed by atoms with Crippen LogP contribution in [0.5, 0.6) is 0 Å². The molecule has 5 nitrogen and oxygen atoms in total. The zero-order chi connectivity index (χ0) is 12.6. The first-order chi connectivity index (χ1) is 8.04. The van der Waals surface area contributed by atoms with Crippen molar-refractivity contribution in [1.82, 2.24) is 0 Å². The molecule has 1 aromatic carbocycles. The van der Waals surface area contributed by atoms with Gasteiger partial charge in [0.2, 0.25) is 0 Å². The van der Waals surface area contributed by atoms with Crippen LogP contribution in [0.1, 0.15) is 5.56 Å². The van der Waals surface area contributed by atoms with E-state index in [1.807, 2.05) is 0 Å². The SMILES string of the molecule is N#C/C(C(=O)O)=C1/C(=O)Nc2ccc(Cl)cc21. The number of hydrogen-bond donors (Lipinski definition) is 2. The van der Waals surface area contributed by atoms with Gasteiger partial charge in [0.1, 0.15) is 6.07 Å². The monoisotopic (exact) mass is 248 g/mol. The summed E-state index contributed by atoms with van der Waals surface area (Å²) in [6.07, 6.45) is 0. The fraction of sp³-hybridized carbons (Fsp3) is 0. The Bertz CT molecular complexity index is 614. The van der Waals surface area contributed by atoms with E-state index in [0.29, 0.717) is 16.3 Å². The fourth-order valence-corrected chi connectivity index (χ4v) is 1.77. The van der Waals surface area contributed by atoms with Gasteiger partial charge in [0, 0.05) is 16.3 Å². The predicted molar refractivity (Wildman–Crippen MR) is 60.3 cm³/mol. The van der Waals surface area contributed by atoms with Crippen LogP contribution in [-0.4, -0.2) is 17.0 Å². The highest BCUT2D eigenvalue weighted by molar-refractivity contribution is 6.37. The quantitative estimate of drug-likeness (QED) is 0.584. The fourth-order valence-electron chi connectivity index (χ4n) is 1.60. The van der Waals surface area contributed by atoms with Crippen molar-refractivity contribution < 1.29 is 14.7 Å². The van der Waals surface area contributed by atoms with Crippen LogP contribution in [0.15, 0.2) is 23.8 Å². The van der Waals surface area contributed by atoms with Gasteiger partial charge in [-0.1, -0.05) is 11.6 Å². The molecule has 0 atom stereocenters. The molecule has 0 saturated carbocycles. The molecular weight excluding hydrogens is 244 g/mol. The maximum absolute atomic E-state index is 11.6. The Balaban J connectivity index is 2.75. The van der Waals surface area contributed by atoms with Crippen molar-refractivity contribution in [2.75, 3.05) is 5.32 Å². The number of benzene rings is 1. The molecule has 2 rings (SSSR count). The number of carboxylic acids is 1. The van der Waals surface area contributed by atoms with E-state index in [9.17, 15) is 9.59 Å². The number of hydrogen-bond acceptors (Lipinski definition) is 3. The lowest BCUT2D eigenvalue weighted by Gasteiger charge is -1.99. The number of carbonyl (C=O) groups excluding carboxylic acids is 1. The Labute approximate surface area is 101 Å². The zero-order valence-electron chi connectivity index (χ0n) is 8.32. The van der Waals surface area contributed by atoms with Crippen LogP contribution in [0.4, 0.5) is 5.69 Å². The normalized spacial score (nSPS) is 15.9. The summed E-state index contributed by atoms with van der Waals surface area (Å²) in [5, 5.41) is 20.5. The number of anilines is 1. The summed E-state index contributed by atoms with van der Waals surface area (Å²) < 4.78 is 0. The smallest absolute Gasteiger partial charge is 0.347 e. The van der Waals surface area contributed by atoms with Crippen LogP contribution < -0.4 is 5.32 Å². The van der Waals surface area contributed by atoms with E-state index in [4.69, 9.17) is 22.0 Å². The van der Waals surface area contributed by atoms with E-state index in [2.05, 4.69) is 5.32 Å². The van der Waals surface area contributed by atoms with Crippen LogP contribution in [-0.2, 0) is 9.59 Å². The lowest BCUT2D eigenvalue weighted by Crippen LogP contribution is -2.09. The largest absolute Gasteiger partial charge is 0.477 e. The first-order valence-electron chi connectivity index (χ1n) is 4.53. The molecule has 84 valence electrons. The molecule has 0 aromatic heterocycles. The van der Waals surface area contributed by atoms with E-state index in [1.54, 1.807) is 12.1 Å². The average Bonchev–Trinajstić information content (AvgIpc) is 2.56. The molecule has 1 aliphatic heterocycles. The van der Waals surface area contributed by atoms with Gasteiger partial charge in [0.25, 0.3) is 5.91 Å². The minimum absolute atomic E-state index is 0.155. The lowest BCUT2D eigenvalue weighted by atomic mass is 10.0. The summed E-state index contributed by atoms with van der Waals surface area (Å²) in [5.41, 5.74) is 0.0332. The van der Waals surface area contributed by atoms with E-state index < -0.39 is 17.4 Å². The van der Waals surface area contributed by atoms with Crippen LogP contribution in [0.3, 0.4) is 0 Å². The van der Waals surface area contributed by atoms with Crippen molar-refractivity contribution >= 4 is 34.7 Å². The highest BCUT2D eigenvalue weighted by Gasteiger charge is 2.30. The molecule has 2 N–H and O–H groups in total. The summed E-state index contributed by atoms with van der Waals surface area (Å²) in [7, 11) is 0. The van der Waals surface area contributed by atoms with Crippen LogP contribution in [0.25, 0.3) is 5.57 Å². The molecule has 1 aromatic rings. The highest BCUT2D eigenvalue weighted by atomic mass is 35.5. The minimum Gasteiger partial charge on any atom is -0.477 e. The molecule has 1 heterocycles. The van der Waals surface area contributed by atoms with Crippen molar-refractivity contribution in [3.63, 3.8) is 0 Å². The Hall–Kier alpha value is -2.32. The molecule has 0 aliphatic carbocycles. The molecular formula is C11H5ClN2O3. The Morgan fingerprint density at radius 1 is 1.47 bits per heavy atom. The third-order valence-electron chi connectivity index (χ3n) is 2.30. The topological polar surface area (TPSA) is 90.2 Å². The van der Waals surface area contributed by atoms with Crippen molar-refractivity contribution in [2.24, 2.45) is 0 Å². The number of carboxylic acid groups (broad SMARTS) is 1. The minimum atomic E-state index is -1.44. The number of carbonyl (C=O) groups is 2. The van der Waals surface area contributed by atoms with Gasteiger partial charge < -0.3 is 10.4 Å². The number of aliphatic carboxylic acids is 1. The average molecular weight is 249 g/mol. The van der Waals surface area contributed by atoms with Gasteiger partial charge in [-0.15, -0.1) is 0 Å². The summed E-state index contributed by atoms with van der Waals surface area (Å²) in [6.45, 7) is 0. The molecule has 17 heavy (non-hydrogen) atoms. The van der Waals surface area contributed by atoms with Gasteiger partial charge in [0.15, 0.2) is 5.57 Å². The maximum Gasteiger partial charge on any atom is 0.347 e. The van der Waals surface area contributed by atoms with E-state index in [0.717, 1.165) is 0 Å². The second-order valence-electron chi connectivity index (χ2n) is 3.31. The number of rotatable bonds is 1. The summed E-state index contributed by atoms with van der Waals surface area (Å²) >= 11 is 5.77. The number of nitrogens with zero attached hydrogens (tertiary/aromatic N) is 1. The van der Waals surface area contributed by atoms with Gasteiger partial charge in [-0.05, 0) is 18.2 Å². The van der Waals surface area contributed by atoms with E-state index in [-0.39, 0.29) is 5.57 Å². The molecule has 0 bridgehead atoms. The molecule has 0 spiro atoms. The number of halogens is 1. The van der Waals surface area contributed by atoms with Crippen molar-refractivity contribution in [2.45, 2.75) is 0 Å². The Kier molecular flexibility index (Phi) is 2.58. The lowest BCUT2D eigenvalue weighted by molar-refractivity contribution is -0.132. The van der Waals surface area contributed by atoms with Gasteiger partial charge in [-0.3, -0.25) is 4.79 Å². The van der Waals surface area contributed by atoms with Crippen LogP contribution >= 0.6 is 11.6 Å². The molecule has 1 aliphatic rings. The molecule has 1 amide bonds. The maximum atomic E-state index is 11.6. The second-order valence-corrected chi connectivity index (χ2v) is 3.75. The summed E-state index contributed by atoms with van der Waals surface area (Å²) in [5.74, 6) is -2.05. The third kappa shape index (κ3) is 1.75. The Morgan fingerprint density at radius 3 is 2.76 bits per heavy atom. The molecule has 6 heteroatoms. The van der Waals surface area contributed by atoms with Crippen LogP contribution in [0.2, 0.25) is 5.02 Å². The molecule has 0 radical (unpaired) electrons. The van der Waals surface area contributed by atoms with E-state index in [1.165, 1.54) is 12.1 Å². The van der Waals surface area contributed by atoms with Gasteiger partial charge >= 0.3 is 5.97 Å². The predicted octanol–water partition coefficient (Wildman–Crippen LogP) is 1.65. The summed E-state index contributed by atoms with van der Waals surface area (Å²) in [4.78, 5) is 22.5. The van der Waals surface area contributed by atoms with Gasteiger partial charge in [0.05, 0.1) is 5.57 Å². The van der Waals surface area contributed by atoms with E-state index >= 15 is 0 Å². The number of nitrogens with one attached hydrogen (secondary N) is 1. The third-order valence-corrected chi connectivity index (χ3v) is 2.54.